The quantitative estimate of drug-likeness (QED) is 0.465. The highest BCUT2D eigenvalue weighted by Crippen LogP contribution is 2.39. The van der Waals surface area contributed by atoms with E-state index in [-0.39, 0.29) is 24.8 Å². The van der Waals surface area contributed by atoms with E-state index in [1.165, 1.54) is 4.90 Å². The molecule has 196 valence electrons. The number of hydrogen-bond acceptors (Lipinski definition) is 4. The van der Waals surface area contributed by atoms with Gasteiger partial charge >= 0.3 is 0 Å². The van der Waals surface area contributed by atoms with E-state index < -0.39 is 23.5 Å². The van der Waals surface area contributed by atoms with Gasteiger partial charge in [0, 0.05) is 31.1 Å². The number of ether oxygens (including phenoxy) is 1. The van der Waals surface area contributed by atoms with Gasteiger partial charge in [-0.05, 0) is 55.8 Å². The fourth-order valence-electron chi connectivity index (χ4n) is 5.44. The molecule has 2 aromatic rings. The number of carbonyl (C=O) groups is 1. The van der Waals surface area contributed by atoms with Gasteiger partial charge in [-0.1, -0.05) is 56.3 Å². The largest absolute Gasteiger partial charge is 0.490 e. The van der Waals surface area contributed by atoms with Crippen molar-refractivity contribution in [2.24, 2.45) is 5.92 Å². The van der Waals surface area contributed by atoms with E-state index in [1.807, 2.05) is 50.2 Å². The van der Waals surface area contributed by atoms with Crippen molar-refractivity contribution in [1.82, 2.24) is 9.80 Å². The van der Waals surface area contributed by atoms with Gasteiger partial charge in [-0.3, -0.25) is 4.79 Å². The highest BCUT2D eigenvalue weighted by atomic mass is 19.1. The predicted molar refractivity (Wildman–Crippen MR) is 137 cm³/mol. The van der Waals surface area contributed by atoms with Crippen LogP contribution in [0.3, 0.4) is 0 Å². The maximum atomic E-state index is 16.0. The van der Waals surface area contributed by atoms with Crippen LogP contribution in [0, 0.1) is 11.7 Å². The van der Waals surface area contributed by atoms with Crippen LogP contribution in [-0.4, -0.2) is 72.4 Å². The van der Waals surface area contributed by atoms with E-state index in [9.17, 15) is 14.3 Å². The van der Waals surface area contributed by atoms with Gasteiger partial charge in [0.1, 0.15) is 5.67 Å². The zero-order valence-corrected chi connectivity index (χ0v) is 21.3. The highest BCUT2D eigenvalue weighted by Gasteiger charge is 2.35. The summed E-state index contributed by atoms with van der Waals surface area (Å²) in [5.74, 6) is -0.521. The van der Waals surface area contributed by atoms with Crippen LogP contribution >= 0.6 is 0 Å². The molecule has 0 aliphatic carbocycles. The minimum absolute atomic E-state index is 0.192. The Labute approximate surface area is 213 Å². The fraction of sp³-hybridized carbons (Fsp3) is 0.552. The van der Waals surface area contributed by atoms with Crippen molar-refractivity contribution >= 4 is 6.41 Å². The lowest BCUT2D eigenvalue weighted by Crippen LogP contribution is -2.44. The summed E-state index contributed by atoms with van der Waals surface area (Å²) in [6, 6.07) is 13.1. The van der Waals surface area contributed by atoms with Crippen LogP contribution in [0.15, 0.2) is 42.5 Å². The summed E-state index contributed by atoms with van der Waals surface area (Å²) >= 11 is 0. The lowest BCUT2D eigenvalue weighted by molar-refractivity contribution is -0.117. The molecule has 36 heavy (non-hydrogen) atoms. The third-order valence-corrected chi connectivity index (χ3v) is 8.02. The normalized spacial score (nSPS) is 21.6. The number of likely N-dealkylation sites (tertiary alicyclic amines) is 2. The number of alkyl halides is 1. The summed E-state index contributed by atoms with van der Waals surface area (Å²) in [4.78, 5) is 14.9. The number of benzene rings is 2. The monoisotopic (exact) mass is 500 g/mol. The Kier molecular flexibility index (Phi) is 8.62. The van der Waals surface area contributed by atoms with E-state index in [4.69, 9.17) is 4.74 Å². The molecule has 5 nitrogen and oxygen atoms in total. The third-order valence-electron chi connectivity index (χ3n) is 8.02. The molecule has 7 heteroatoms. The second-order valence-electron chi connectivity index (χ2n) is 10.3. The number of hydrogen-bond donors (Lipinski definition) is 1. The second kappa shape index (κ2) is 11.7. The van der Waals surface area contributed by atoms with Crippen molar-refractivity contribution in [3.05, 3.63) is 53.8 Å². The van der Waals surface area contributed by atoms with Crippen molar-refractivity contribution in [1.29, 1.82) is 0 Å². The van der Waals surface area contributed by atoms with Crippen LogP contribution in [0.5, 0.6) is 5.75 Å². The Morgan fingerprint density at radius 2 is 1.78 bits per heavy atom. The molecule has 4 rings (SSSR count). The number of rotatable bonds is 10. The lowest BCUT2D eigenvalue weighted by atomic mass is 9.92. The topological polar surface area (TPSA) is 53.0 Å². The Morgan fingerprint density at radius 3 is 2.39 bits per heavy atom. The van der Waals surface area contributed by atoms with E-state index in [2.05, 4.69) is 4.90 Å². The number of piperidine rings is 1. The number of aliphatic hydroxyl groups is 1. The molecule has 2 aliphatic heterocycles. The molecule has 1 N–H and O–H groups in total. The molecule has 2 heterocycles. The fourth-order valence-corrected chi connectivity index (χ4v) is 5.44. The number of amides is 1. The molecule has 1 amide bonds. The van der Waals surface area contributed by atoms with E-state index in [0.717, 1.165) is 31.5 Å². The van der Waals surface area contributed by atoms with Crippen LogP contribution in [0.25, 0.3) is 11.1 Å². The highest BCUT2D eigenvalue weighted by molar-refractivity contribution is 5.71. The molecule has 0 aromatic heterocycles. The van der Waals surface area contributed by atoms with E-state index >= 15 is 4.39 Å². The molecule has 0 spiro atoms. The molecule has 0 bridgehead atoms. The van der Waals surface area contributed by atoms with Gasteiger partial charge in [-0.2, -0.15) is 0 Å². The van der Waals surface area contributed by atoms with Crippen LogP contribution in [0.1, 0.15) is 51.0 Å². The Morgan fingerprint density at radius 1 is 1.08 bits per heavy atom. The predicted octanol–water partition coefficient (Wildman–Crippen LogP) is 5.03. The maximum Gasteiger partial charge on any atom is 0.209 e. The Hall–Kier alpha value is -2.51. The summed E-state index contributed by atoms with van der Waals surface area (Å²) in [6.07, 6.45) is 2.66. The van der Waals surface area contributed by atoms with Crippen LogP contribution in [0.2, 0.25) is 0 Å². The first kappa shape index (κ1) is 26.6. The first-order valence-corrected chi connectivity index (χ1v) is 13.2. The van der Waals surface area contributed by atoms with Gasteiger partial charge in [0.2, 0.25) is 6.41 Å². The van der Waals surface area contributed by atoms with Crippen LogP contribution < -0.4 is 4.74 Å². The zero-order chi connectivity index (χ0) is 25.7. The molecule has 1 unspecified atom stereocenters. The molecule has 2 aromatic carbocycles. The molecular weight excluding hydrogens is 462 g/mol. The van der Waals surface area contributed by atoms with Gasteiger partial charge in [0.15, 0.2) is 11.6 Å². The molecule has 0 saturated carbocycles. The summed E-state index contributed by atoms with van der Waals surface area (Å²) in [5.41, 5.74) is 0.756. The van der Waals surface area contributed by atoms with Crippen molar-refractivity contribution in [3.8, 4) is 16.9 Å². The van der Waals surface area contributed by atoms with Crippen LogP contribution in [0.4, 0.5) is 8.78 Å². The molecule has 2 aliphatic rings. The zero-order valence-electron chi connectivity index (χ0n) is 21.3. The summed E-state index contributed by atoms with van der Waals surface area (Å²) in [7, 11) is 0. The van der Waals surface area contributed by atoms with E-state index in [0.29, 0.717) is 43.5 Å². The molecule has 2 atom stereocenters. The lowest BCUT2D eigenvalue weighted by Gasteiger charge is -2.36. The van der Waals surface area contributed by atoms with Crippen molar-refractivity contribution in [2.75, 3.05) is 39.3 Å². The summed E-state index contributed by atoms with van der Waals surface area (Å²) in [6.45, 7) is 6.73. The first-order chi connectivity index (χ1) is 17.4. The van der Waals surface area contributed by atoms with Gasteiger partial charge in [-0.25, -0.2) is 8.78 Å². The SMILES string of the molecule is CCC(F)(CC)CN1CCC(COc2c(-c3ccccc3)ccc(C3CN(C=O)C[C@H]3O)c2F)CC1. The number of carbonyl (C=O) groups excluding carboxylic acids is 1. The second-order valence-corrected chi connectivity index (χ2v) is 10.3. The average molecular weight is 501 g/mol. The minimum atomic E-state index is -1.14. The van der Waals surface area contributed by atoms with Gasteiger partial charge < -0.3 is 19.6 Å². The smallest absolute Gasteiger partial charge is 0.209 e. The molecule has 0 radical (unpaired) electrons. The summed E-state index contributed by atoms with van der Waals surface area (Å²) in [5, 5.41) is 10.5. The summed E-state index contributed by atoms with van der Waals surface area (Å²) < 4.78 is 37.0. The van der Waals surface area contributed by atoms with Gasteiger partial charge in [-0.15, -0.1) is 0 Å². The minimum Gasteiger partial charge on any atom is -0.490 e. The number of aliphatic hydroxyl groups excluding tert-OH is 1. The Bertz CT molecular complexity index is 1010. The van der Waals surface area contributed by atoms with Crippen molar-refractivity contribution in [2.45, 2.75) is 57.2 Å². The average Bonchev–Trinajstić information content (AvgIpc) is 3.29. The van der Waals surface area contributed by atoms with Gasteiger partial charge in [0.05, 0.1) is 12.7 Å². The first-order valence-electron chi connectivity index (χ1n) is 13.2. The molecule has 2 saturated heterocycles. The maximum absolute atomic E-state index is 16.0. The van der Waals surface area contributed by atoms with E-state index in [1.54, 1.807) is 6.07 Å². The standard InChI is InChI=1S/C29H38F2N2O3/c1-3-29(31,4-2)19-32-14-12-21(13-15-32)18-36-28-23(22-8-6-5-7-9-22)10-11-24(27(28)30)25-16-33(20-34)17-26(25)35/h5-11,20-21,25-26,35H,3-4,12-19H2,1-2H3/t25?,26-/m1/s1. The van der Waals surface area contributed by atoms with Crippen molar-refractivity contribution in [3.63, 3.8) is 0 Å². The van der Waals surface area contributed by atoms with Crippen molar-refractivity contribution < 1.29 is 23.4 Å². The number of nitrogens with zero attached hydrogens (tertiary/aromatic N) is 2. The molecular formula is C29H38F2N2O3. The Balaban J connectivity index is 1.50. The van der Waals surface area contributed by atoms with Crippen LogP contribution in [-0.2, 0) is 4.79 Å². The molecule has 2 fully saturated rings. The number of β-amino-alcohol motifs (C(OH)–C–C–N with tert-alkyl or cyclic N) is 1. The number of halogens is 2. The van der Waals surface area contributed by atoms with Gasteiger partial charge in [0.25, 0.3) is 0 Å². The third kappa shape index (κ3) is 5.89.